The third-order valence-electron chi connectivity index (χ3n) is 6.33. The highest BCUT2D eigenvalue weighted by molar-refractivity contribution is 8.93. The van der Waals surface area contributed by atoms with E-state index in [1.807, 2.05) is 0 Å². The van der Waals surface area contributed by atoms with Crippen LogP contribution in [-0.4, -0.2) is 66.6 Å². The second-order valence-electron chi connectivity index (χ2n) is 9.18. The van der Waals surface area contributed by atoms with E-state index in [1.54, 1.807) is 36.8 Å². The molecule has 0 amide bonds. The monoisotopic (exact) mass is 607 g/mol. The molecule has 0 fully saturated rings. The minimum absolute atomic E-state index is 0. The molecular formula is C27H38BrN5O6. The summed E-state index contributed by atoms with van der Waals surface area (Å²) < 4.78 is 4.49. The van der Waals surface area contributed by atoms with Crippen LogP contribution in [0.3, 0.4) is 0 Å². The van der Waals surface area contributed by atoms with Gasteiger partial charge in [0.2, 0.25) is 0 Å². The van der Waals surface area contributed by atoms with Gasteiger partial charge in [-0.2, -0.15) is 0 Å². The summed E-state index contributed by atoms with van der Waals surface area (Å²) in [5, 5.41) is 32.2. The molecule has 0 atom stereocenters. The topological polar surface area (TPSA) is 142 Å². The van der Waals surface area contributed by atoms with Crippen LogP contribution in [0, 0.1) is 0 Å². The molecule has 0 unspecified atom stereocenters. The number of nitrogens with zero attached hydrogens (tertiary/aromatic N) is 4. The van der Waals surface area contributed by atoms with Crippen LogP contribution >= 0.6 is 17.0 Å². The Balaban J connectivity index is 0.00000533. The lowest BCUT2D eigenvalue weighted by atomic mass is 10.2. The molecule has 0 aliphatic carbocycles. The van der Waals surface area contributed by atoms with Gasteiger partial charge in [0.15, 0.2) is 17.2 Å². The normalized spacial score (nSPS) is 11.0. The zero-order valence-corrected chi connectivity index (χ0v) is 23.7. The van der Waals surface area contributed by atoms with Crippen molar-refractivity contribution in [3.8, 4) is 17.2 Å². The fourth-order valence-corrected chi connectivity index (χ4v) is 4.29. The smallest absolute Gasteiger partial charge is 0.292 e. The van der Waals surface area contributed by atoms with Crippen molar-refractivity contribution in [2.45, 2.75) is 45.3 Å². The van der Waals surface area contributed by atoms with Gasteiger partial charge in [-0.3, -0.25) is 14.4 Å². The van der Waals surface area contributed by atoms with Crippen LogP contribution in [0.2, 0.25) is 0 Å². The zero-order chi connectivity index (χ0) is 27.3. The van der Waals surface area contributed by atoms with Crippen LogP contribution in [0.15, 0.2) is 69.4 Å². The summed E-state index contributed by atoms with van der Waals surface area (Å²) in [5.74, 6) is -0.773. The molecule has 12 heteroatoms. The molecule has 3 aromatic heterocycles. The number of pyridine rings is 3. The van der Waals surface area contributed by atoms with Gasteiger partial charge in [-0.05, 0) is 94.8 Å². The van der Waals surface area contributed by atoms with E-state index >= 15 is 0 Å². The molecule has 0 aliphatic heterocycles. The van der Waals surface area contributed by atoms with Crippen LogP contribution in [0.25, 0.3) is 0 Å². The Hall–Kier alpha value is -3.35. The summed E-state index contributed by atoms with van der Waals surface area (Å²) in [7, 11) is 0. The fraction of sp³-hybridized carbons (Fsp3) is 0.444. The lowest BCUT2D eigenvalue weighted by molar-refractivity contribution is 0.252. The molecule has 214 valence electrons. The molecule has 3 heterocycles. The number of hydrogen-bond acceptors (Lipinski definition) is 8. The maximum Gasteiger partial charge on any atom is 0.292 e. The summed E-state index contributed by atoms with van der Waals surface area (Å²) in [6.07, 6.45) is 8.08. The molecule has 0 aromatic carbocycles. The highest BCUT2D eigenvalue weighted by atomic mass is 79.9. The SMILES string of the molecule is Br.O=c1c(O)cccn1CCCNCCCN(CCCn1cccc(O)c1=O)CCCn1cccc(O)c1=O. The van der Waals surface area contributed by atoms with E-state index in [-0.39, 0.29) is 39.8 Å². The zero-order valence-electron chi connectivity index (χ0n) is 21.9. The number of aromatic nitrogens is 3. The molecule has 39 heavy (non-hydrogen) atoms. The van der Waals surface area contributed by atoms with E-state index in [4.69, 9.17) is 0 Å². The number of aryl methyl sites for hydroxylation is 3. The largest absolute Gasteiger partial charge is 0.503 e. The van der Waals surface area contributed by atoms with Gasteiger partial charge in [-0.1, -0.05) is 0 Å². The van der Waals surface area contributed by atoms with Crippen molar-refractivity contribution >= 4 is 17.0 Å². The molecule has 0 spiro atoms. The molecule has 0 saturated carbocycles. The maximum absolute atomic E-state index is 12.1. The van der Waals surface area contributed by atoms with Crippen molar-refractivity contribution in [3.63, 3.8) is 0 Å². The highest BCUT2D eigenvalue weighted by Crippen LogP contribution is 2.04. The Labute approximate surface area is 237 Å². The first-order valence-electron chi connectivity index (χ1n) is 12.9. The molecular weight excluding hydrogens is 570 g/mol. The summed E-state index contributed by atoms with van der Waals surface area (Å²) >= 11 is 0. The number of halogens is 1. The van der Waals surface area contributed by atoms with E-state index in [2.05, 4.69) is 10.2 Å². The molecule has 0 aliphatic rings. The lowest BCUT2D eigenvalue weighted by Crippen LogP contribution is -2.32. The summed E-state index contributed by atoms with van der Waals surface area (Å²) in [5.41, 5.74) is -1.19. The Morgan fingerprint density at radius 2 is 0.949 bits per heavy atom. The van der Waals surface area contributed by atoms with Crippen LogP contribution < -0.4 is 22.0 Å². The lowest BCUT2D eigenvalue weighted by Gasteiger charge is -2.23. The predicted octanol–water partition coefficient (Wildman–Crippen LogP) is 1.72. The Kier molecular flexibility index (Phi) is 13.5. The standard InChI is InChI=1S/C27H37N5O6.BrH/c33-22-8-1-16-30(25(22)36)19-5-12-28-11-4-13-29(14-6-20-31-17-2-9-23(34)26(31)37)15-7-21-32-18-3-10-24(35)27(32)38;/h1-3,8-10,16-18,28,33-35H,4-7,11-15,19-21H2;1H. The summed E-state index contributed by atoms with van der Waals surface area (Å²) in [4.78, 5) is 38.3. The molecule has 0 radical (unpaired) electrons. The number of hydrogen-bond donors (Lipinski definition) is 4. The van der Waals surface area contributed by atoms with Gasteiger partial charge in [0.1, 0.15) is 0 Å². The first-order valence-corrected chi connectivity index (χ1v) is 12.9. The molecule has 4 N–H and O–H groups in total. The number of rotatable bonds is 16. The van der Waals surface area contributed by atoms with Crippen molar-refractivity contribution in [2.24, 2.45) is 0 Å². The van der Waals surface area contributed by atoms with Gasteiger partial charge in [0.25, 0.3) is 16.7 Å². The first-order chi connectivity index (χ1) is 18.4. The molecule has 3 aromatic rings. The van der Waals surface area contributed by atoms with Crippen LogP contribution in [0.5, 0.6) is 17.2 Å². The van der Waals surface area contributed by atoms with Gasteiger partial charge in [0.05, 0.1) is 0 Å². The van der Waals surface area contributed by atoms with Gasteiger partial charge >= 0.3 is 0 Å². The van der Waals surface area contributed by atoms with Crippen molar-refractivity contribution in [3.05, 3.63) is 86.1 Å². The Bertz CT molecular complexity index is 1270. The van der Waals surface area contributed by atoms with Gasteiger partial charge in [0, 0.05) is 38.2 Å². The summed E-state index contributed by atoms with van der Waals surface area (Å²) in [6, 6.07) is 9.07. The average Bonchev–Trinajstić information content (AvgIpc) is 2.90. The van der Waals surface area contributed by atoms with Gasteiger partial charge in [-0.15, -0.1) is 17.0 Å². The quantitative estimate of drug-likeness (QED) is 0.180. The third kappa shape index (κ3) is 10.0. The Morgan fingerprint density at radius 1 is 0.590 bits per heavy atom. The predicted molar refractivity (Wildman–Crippen MR) is 155 cm³/mol. The minimum Gasteiger partial charge on any atom is -0.503 e. The fourth-order valence-electron chi connectivity index (χ4n) is 4.29. The first kappa shape index (κ1) is 31.9. The van der Waals surface area contributed by atoms with E-state index in [1.165, 1.54) is 31.9 Å². The summed E-state index contributed by atoms with van der Waals surface area (Å²) in [6.45, 7) is 5.35. The number of nitrogens with one attached hydrogen (secondary N) is 1. The molecule has 11 nitrogen and oxygen atoms in total. The highest BCUT2D eigenvalue weighted by Gasteiger charge is 2.08. The van der Waals surface area contributed by atoms with Gasteiger partial charge in [-0.25, -0.2) is 0 Å². The number of aromatic hydroxyl groups is 3. The second kappa shape index (κ2) is 16.6. The maximum atomic E-state index is 12.1. The average molecular weight is 609 g/mol. The van der Waals surface area contributed by atoms with E-state index in [0.717, 1.165) is 58.4 Å². The van der Waals surface area contributed by atoms with E-state index in [9.17, 15) is 29.7 Å². The van der Waals surface area contributed by atoms with Gasteiger partial charge < -0.3 is 39.2 Å². The minimum atomic E-state index is -0.403. The molecule has 3 rings (SSSR count). The van der Waals surface area contributed by atoms with Crippen LogP contribution in [0.1, 0.15) is 25.7 Å². The van der Waals surface area contributed by atoms with E-state index < -0.39 is 11.1 Å². The van der Waals surface area contributed by atoms with Crippen molar-refractivity contribution in [1.82, 2.24) is 23.9 Å². The second-order valence-corrected chi connectivity index (χ2v) is 9.18. The molecule has 0 saturated heterocycles. The van der Waals surface area contributed by atoms with Crippen LogP contribution in [-0.2, 0) is 19.6 Å². The van der Waals surface area contributed by atoms with Crippen molar-refractivity contribution in [1.29, 1.82) is 0 Å². The Morgan fingerprint density at radius 3 is 1.38 bits per heavy atom. The van der Waals surface area contributed by atoms with Crippen LogP contribution in [0.4, 0.5) is 0 Å². The van der Waals surface area contributed by atoms with Crippen molar-refractivity contribution in [2.75, 3.05) is 32.7 Å². The van der Waals surface area contributed by atoms with Crippen molar-refractivity contribution < 1.29 is 15.3 Å². The van der Waals surface area contributed by atoms with E-state index in [0.29, 0.717) is 19.6 Å². The molecule has 0 bridgehead atoms. The third-order valence-corrected chi connectivity index (χ3v) is 6.33.